The van der Waals surface area contributed by atoms with Gasteiger partial charge in [0.25, 0.3) is 11.5 Å². The molecular formula is C37H37N9O4S. The van der Waals surface area contributed by atoms with Crippen LogP contribution in [0.1, 0.15) is 28.1 Å². The lowest BCUT2D eigenvalue weighted by Gasteiger charge is -2.38. The molecule has 1 amide bonds. The van der Waals surface area contributed by atoms with E-state index in [0.717, 1.165) is 35.5 Å². The molecule has 1 atom stereocenters. The molecule has 13 nitrogen and oxygen atoms in total. The fourth-order valence-electron chi connectivity index (χ4n) is 7.01. The number of rotatable bonds is 9. The van der Waals surface area contributed by atoms with Crippen molar-refractivity contribution in [3.8, 4) is 11.4 Å². The van der Waals surface area contributed by atoms with Crippen LogP contribution in [0.5, 0.6) is 5.75 Å². The van der Waals surface area contributed by atoms with E-state index >= 15 is 0 Å². The SMILES string of the molecule is Nc1nc2sc(C(=O)NC3CCN(CC(O)(Cn4cncn4)c4ccccc4)CC3)cc2n(-c2ccc3c(c2)N(c2ccccc2)CCO3)c1=O. The van der Waals surface area contributed by atoms with E-state index in [1.165, 1.54) is 22.2 Å². The Kier molecular flexibility index (Phi) is 8.71. The zero-order valence-corrected chi connectivity index (χ0v) is 28.6. The minimum absolute atomic E-state index is 0.0519. The highest BCUT2D eigenvalue weighted by Gasteiger charge is 2.34. The summed E-state index contributed by atoms with van der Waals surface area (Å²) in [4.78, 5) is 40.9. The lowest BCUT2D eigenvalue weighted by Crippen LogP contribution is -2.50. The fraction of sp³-hybridized carbons (Fsp3) is 0.270. The topological polar surface area (TPSA) is 157 Å². The van der Waals surface area contributed by atoms with E-state index in [-0.39, 0.29) is 24.3 Å². The summed E-state index contributed by atoms with van der Waals surface area (Å²) in [6, 6.07) is 26.9. The van der Waals surface area contributed by atoms with Gasteiger partial charge in [0.05, 0.1) is 34.9 Å². The number of β-amino-alcohol motifs (C(OH)–C–C–N with tert-alkyl or cyclic N) is 1. The van der Waals surface area contributed by atoms with Gasteiger partial charge in [0.15, 0.2) is 5.82 Å². The number of piperidine rings is 1. The van der Waals surface area contributed by atoms with Crippen molar-refractivity contribution in [3.63, 3.8) is 0 Å². The molecule has 8 rings (SSSR count). The Balaban J connectivity index is 0.991. The van der Waals surface area contributed by atoms with E-state index in [1.807, 2.05) is 78.9 Å². The number of hydrogen-bond donors (Lipinski definition) is 3. The maximum absolute atomic E-state index is 13.6. The molecule has 0 spiro atoms. The molecule has 1 unspecified atom stereocenters. The number of nitrogen functional groups attached to an aromatic ring is 1. The van der Waals surface area contributed by atoms with E-state index < -0.39 is 11.2 Å². The minimum Gasteiger partial charge on any atom is -0.490 e. The molecule has 2 aliphatic heterocycles. The maximum atomic E-state index is 13.6. The number of para-hydroxylation sites is 1. The van der Waals surface area contributed by atoms with Crippen LogP contribution >= 0.6 is 11.3 Å². The minimum atomic E-state index is -1.17. The zero-order chi connectivity index (χ0) is 35.0. The average Bonchev–Trinajstić information content (AvgIpc) is 3.83. The predicted octanol–water partition coefficient (Wildman–Crippen LogP) is 3.93. The maximum Gasteiger partial charge on any atom is 0.298 e. The van der Waals surface area contributed by atoms with Crippen LogP contribution in [0, 0.1) is 0 Å². The number of fused-ring (bicyclic) bond motifs is 2. The molecule has 3 aromatic carbocycles. The standard InChI is InChI=1S/C37H37N9O4S/c38-33-36(48)46(28-11-12-31-29(19-28)45(17-18-50-31)27-9-5-2-6-10-27)30-20-32(51-35(30)42-33)34(47)41-26-13-15-43(16-14-26)21-37(49,22-44-24-39-23-40-44)25-7-3-1-4-8-25/h1-12,19-20,23-24,26,49H,13-18,21-22H2,(H2,38,42)(H,41,47). The normalized spacial score (nSPS) is 16.4. The van der Waals surface area contributed by atoms with Crippen LogP contribution in [-0.4, -0.2) is 79.1 Å². The van der Waals surface area contributed by atoms with Gasteiger partial charge in [-0.25, -0.2) is 14.6 Å². The molecule has 4 N–H and O–H groups in total. The third-order valence-electron chi connectivity index (χ3n) is 9.54. The Bertz CT molecular complexity index is 2220. The highest BCUT2D eigenvalue weighted by atomic mass is 32.1. The van der Waals surface area contributed by atoms with Crippen LogP contribution in [0.4, 0.5) is 17.2 Å². The number of thiophene rings is 1. The second kappa shape index (κ2) is 13.6. The Morgan fingerprint density at radius 2 is 1.75 bits per heavy atom. The molecule has 6 aromatic rings. The monoisotopic (exact) mass is 703 g/mol. The summed E-state index contributed by atoms with van der Waals surface area (Å²) in [5.41, 5.74) is 8.29. The number of anilines is 3. The van der Waals surface area contributed by atoms with Gasteiger partial charge in [0, 0.05) is 31.4 Å². The van der Waals surface area contributed by atoms with Crippen molar-refractivity contribution in [2.24, 2.45) is 0 Å². The molecule has 14 heteroatoms. The summed E-state index contributed by atoms with van der Waals surface area (Å²) in [5.74, 6) is 0.350. The van der Waals surface area contributed by atoms with Crippen molar-refractivity contribution in [1.29, 1.82) is 0 Å². The Hall–Kier alpha value is -5.57. The number of nitrogens with one attached hydrogen (secondary N) is 1. The van der Waals surface area contributed by atoms with Gasteiger partial charge in [0.2, 0.25) is 0 Å². The molecule has 1 fully saturated rings. The van der Waals surface area contributed by atoms with E-state index in [1.54, 1.807) is 17.1 Å². The lowest BCUT2D eigenvalue weighted by atomic mass is 9.91. The van der Waals surface area contributed by atoms with E-state index in [9.17, 15) is 14.7 Å². The van der Waals surface area contributed by atoms with Crippen LogP contribution in [0.15, 0.2) is 102 Å². The van der Waals surface area contributed by atoms with Gasteiger partial charge in [-0.15, -0.1) is 11.3 Å². The van der Waals surface area contributed by atoms with Crippen molar-refractivity contribution in [3.05, 3.63) is 118 Å². The van der Waals surface area contributed by atoms with Crippen LogP contribution in [0.3, 0.4) is 0 Å². The van der Waals surface area contributed by atoms with Crippen LogP contribution in [0.25, 0.3) is 16.0 Å². The van der Waals surface area contributed by atoms with Crippen molar-refractivity contribution in [2.75, 3.05) is 43.4 Å². The highest BCUT2D eigenvalue weighted by molar-refractivity contribution is 7.20. The van der Waals surface area contributed by atoms with Crippen molar-refractivity contribution >= 4 is 44.8 Å². The first-order chi connectivity index (χ1) is 24.8. The summed E-state index contributed by atoms with van der Waals surface area (Å²) in [6.07, 6.45) is 4.50. The Morgan fingerprint density at radius 1 is 0.980 bits per heavy atom. The largest absolute Gasteiger partial charge is 0.490 e. The molecule has 0 aliphatic carbocycles. The van der Waals surface area contributed by atoms with Crippen LogP contribution in [-0.2, 0) is 12.1 Å². The fourth-order valence-corrected chi connectivity index (χ4v) is 7.94. The number of benzene rings is 3. The first kappa shape index (κ1) is 32.6. The summed E-state index contributed by atoms with van der Waals surface area (Å²) >= 11 is 1.20. The van der Waals surface area contributed by atoms with Crippen molar-refractivity contribution < 1.29 is 14.6 Å². The molecule has 2 aliphatic rings. The first-order valence-corrected chi connectivity index (χ1v) is 17.7. The molecule has 0 bridgehead atoms. The predicted molar refractivity (Wildman–Crippen MR) is 196 cm³/mol. The number of nitrogens with zero attached hydrogens (tertiary/aromatic N) is 7. The quantitative estimate of drug-likeness (QED) is 0.202. The van der Waals surface area contributed by atoms with E-state index in [0.29, 0.717) is 53.7 Å². The third-order valence-corrected chi connectivity index (χ3v) is 10.6. The molecule has 0 saturated carbocycles. The van der Waals surface area contributed by atoms with E-state index in [4.69, 9.17) is 10.5 Å². The van der Waals surface area contributed by atoms with Gasteiger partial charge in [-0.05, 0) is 54.8 Å². The molecule has 51 heavy (non-hydrogen) atoms. The number of likely N-dealkylation sites (tertiary alicyclic amines) is 1. The molecule has 3 aromatic heterocycles. The van der Waals surface area contributed by atoms with Gasteiger partial charge >= 0.3 is 0 Å². The average molecular weight is 704 g/mol. The van der Waals surface area contributed by atoms with Gasteiger partial charge in [-0.3, -0.25) is 19.1 Å². The molecule has 5 heterocycles. The van der Waals surface area contributed by atoms with Crippen LogP contribution < -0.4 is 26.2 Å². The molecular weight excluding hydrogens is 667 g/mol. The Morgan fingerprint density at radius 3 is 2.49 bits per heavy atom. The molecule has 260 valence electrons. The first-order valence-electron chi connectivity index (χ1n) is 16.9. The van der Waals surface area contributed by atoms with Crippen molar-refractivity contribution in [1.82, 2.24) is 34.5 Å². The number of carbonyl (C=O) groups is 1. The van der Waals surface area contributed by atoms with Gasteiger partial charge < -0.3 is 25.8 Å². The number of aromatic nitrogens is 5. The number of aliphatic hydroxyl groups is 1. The molecule has 0 radical (unpaired) electrons. The van der Waals surface area contributed by atoms with Gasteiger partial charge in [-0.1, -0.05) is 48.5 Å². The van der Waals surface area contributed by atoms with Gasteiger partial charge in [0.1, 0.15) is 35.4 Å². The molecule has 1 saturated heterocycles. The third kappa shape index (κ3) is 6.56. The summed E-state index contributed by atoms with van der Waals surface area (Å²) in [6.45, 7) is 3.27. The van der Waals surface area contributed by atoms with Crippen molar-refractivity contribution in [2.45, 2.75) is 31.0 Å². The zero-order valence-electron chi connectivity index (χ0n) is 27.8. The number of ether oxygens (including phenoxy) is 1. The number of amides is 1. The summed E-state index contributed by atoms with van der Waals surface area (Å²) < 4.78 is 9.12. The lowest BCUT2D eigenvalue weighted by molar-refractivity contribution is -0.0245. The highest BCUT2D eigenvalue weighted by Crippen LogP contribution is 2.38. The number of hydrogen-bond acceptors (Lipinski definition) is 11. The summed E-state index contributed by atoms with van der Waals surface area (Å²) in [5, 5.41) is 19.3. The summed E-state index contributed by atoms with van der Waals surface area (Å²) in [7, 11) is 0. The van der Waals surface area contributed by atoms with E-state index in [2.05, 4.69) is 30.2 Å². The van der Waals surface area contributed by atoms with Crippen LogP contribution in [0.2, 0.25) is 0 Å². The second-order valence-electron chi connectivity index (χ2n) is 12.9. The Labute approximate surface area is 297 Å². The number of nitrogens with two attached hydrogens (primary N) is 1. The van der Waals surface area contributed by atoms with Gasteiger partial charge in [-0.2, -0.15) is 5.10 Å². The second-order valence-corrected chi connectivity index (χ2v) is 14.0. The smallest absolute Gasteiger partial charge is 0.298 e. The number of carbonyl (C=O) groups excluding carboxylic acids is 1.